The fourth-order valence-corrected chi connectivity index (χ4v) is 2.50. The molecule has 0 aliphatic carbocycles. The average molecular weight is 250 g/mol. The first-order valence-corrected chi connectivity index (χ1v) is 6.54. The normalized spacial score (nSPS) is 23.9. The van der Waals surface area contributed by atoms with Gasteiger partial charge in [0.1, 0.15) is 0 Å². The van der Waals surface area contributed by atoms with Gasteiger partial charge in [0.25, 0.3) is 0 Å². The van der Waals surface area contributed by atoms with Crippen LogP contribution < -0.4 is 10.6 Å². The van der Waals surface area contributed by atoms with E-state index in [1.807, 2.05) is 20.2 Å². The molecule has 1 aromatic heterocycles. The SMILES string of the molecule is Cc1nn(C)cc1CNC(=O)C1CNCC(C)C1. The van der Waals surface area contributed by atoms with Crippen LogP contribution in [0.15, 0.2) is 6.20 Å². The molecule has 1 fully saturated rings. The van der Waals surface area contributed by atoms with E-state index in [1.54, 1.807) is 4.68 Å². The molecule has 1 saturated heterocycles. The third-order valence-electron chi connectivity index (χ3n) is 3.51. The first-order valence-electron chi connectivity index (χ1n) is 6.54. The van der Waals surface area contributed by atoms with Gasteiger partial charge in [-0.05, 0) is 25.8 Å². The number of carbonyl (C=O) groups excluding carboxylic acids is 1. The number of hydrogen-bond donors (Lipinski definition) is 2. The minimum atomic E-state index is 0.103. The van der Waals surface area contributed by atoms with E-state index < -0.39 is 0 Å². The van der Waals surface area contributed by atoms with Gasteiger partial charge >= 0.3 is 0 Å². The van der Waals surface area contributed by atoms with Crippen molar-refractivity contribution in [1.82, 2.24) is 20.4 Å². The molecule has 0 bridgehead atoms. The third-order valence-corrected chi connectivity index (χ3v) is 3.51. The minimum absolute atomic E-state index is 0.103. The summed E-state index contributed by atoms with van der Waals surface area (Å²) in [6.45, 7) is 6.53. The number of nitrogens with one attached hydrogen (secondary N) is 2. The van der Waals surface area contributed by atoms with Gasteiger partial charge in [-0.2, -0.15) is 5.10 Å². The summed E-state index contributed by atoms with van der Waals surface area (Å²) in [5, 5.41) is 10.6. The molecule has 2 atom stereocenters. The lowest BCUT2D eigenvalue weighted by Crippen LogP contribution is -2.43. The van der Waals surface area contributed by atoms with E-state index in [0.29, 0.717) is 12.5 Å². The van der Waals surface area contributed by atoms with Crippen molar-refractivity contribution in [2.45, 2.75) is 26.8 Å². The van der Waals surface area contributed by atoms with Crippen LogP contribution >= 0.6 is 0 Å². The second kappa shape index (κ2) is 5.52. The Morgan fingerprint density at radius 1 is 1.61 bits per heavy atom. The van der Waals surface area contributed by atoms with Crippen LogP contribution in [0.4, 0.5) is 0 Å². The number of piperidine rings is 1. The Bertz CT molecular complexity index is 427. The lowest BCUT2D eigenvalue weighted by Gasteiger charge is -2.26. The van der Waals surface area contributed by atoms with E-state index in [-0.39, 0.29) is 11.8 Å². The summed E-state index contributed by atoms with van der Waals surface area (Å²) in [6, 6.07) is 0. The fraction of sp³-hybridized carbons (Fsp3) is 0.692. The van der Waals surface area contributed by atoms with Gasteiger partial charge in [-0.3, -0.25) is 9.48 Å². The van der Waals surface area contributed by atoms with Crippen molar-refractivity contribution < 1.29 is 4.79 Å². The first-order chi connectivity index (χ1) is 8.56. The summed E-state index contributed by atoms with van der Waals surface area (Å²) >= 11 is 0. The highest BCUT2D eigenvalue weighted by Crippen LogP contribution is 2.16. The Morgan fingerprint density at radius 3 is 3.00 bits per heavy atom. The van der Waals surface area contributed by atoms with Gasteiger partial charge in [-0.25, -0.2) is 0 Å². The van der Waals surface area contributed by atoms with Gasteiger partial charge in [0, 0.05) is 31.9 Å². The lowest BCUT2D eigenvalue weighted by molar-refractivity contribution is -0.126. The van der Waals surface area contributed by atoms with Crippen molar-refractivity contribution in [2.24, 2.45) is 18.9 Å². The van der Waals surface area contributed by atoms with E-state index in [4.69, 9.17) is 0 Å². The number of nitrogens with zero attached hydrogens (tertiary/aromatic N) is 2. The number of carbonyl (C=O) groups is 1. The maximum atomic E-state index is 12.1. The molecule has 2 unspecified atom stereocenters. The van der Waals surface area contributed by atoms with Crippen molar-refractivity contribution in [3.63, 3.8) is 0 Å². The van der Waals surface area contributed by atoms with Crippen LogP contribution in [0, 0.1) is 18.8 Å². The molecule has 5 nitrogen and oxygen atoms in total. The lowest BCUT2D eigenvalue weighted by atomic mass is 9.91. The average Bonchev–Trinajstić information content (AvgIpc) is 2.65. The highest BCUT2D eigenvalue weighted by atomic mass is 16.1. The molecule has 18 heavy (non-hydrogen) atoms. The maximum absolute atomic E-state index is 12.1. The van der Waals surface area contributed by atoms with Crippen LogP contribution in [-0.2, 0) is 18.4 Å². The quantitative estimate of drug-likeness (QED) is 0.825. The largest absolute Gasteiger partial charge is 0.352 e. The van der Waals surface area contributed by atoms with Crippen molar-refractivity contribution >= 4 is 5.91 Å². The molecule has 5 heteroatoms. The molecular weight excluding hydrogens is 228 g/mol. The van der Waals surface area contributed by atoms with E-state index in [0.717, 1.165) is 30.8 Å². The standard InChI is InChI=1S/C13H22N4O/c1-9-4-11(6-14-5-9)13(18)15-7-12-8-17(3)16-10(12)2/h8-9,11,14H,4-7H2,1-3H3,(H,15,18). The predicted molar refractivity (Wildman–Crippen MR) is 69.9 cm³/mol. The molecule has 100 valence electrons. The second-order valence-electron chi connectivity index (χ2n) is 5.33. The molecule has 0 saturated carbocycles. The Morgan fingerprint density at radius 2 is 2.39 bits per heavy atom. The molecule has 0 radical (unpaired) electrons. The zero-order chi connectivity index (χ0) is 13.1. The van der Waals surface area contributed by atoms with Crippen LogP contribution in [0.3, 0.4) is 0 Å². The summed E-state index contributed by atoms with van der Waals surface area (Å²) in [5.41, 5.74) is 2.07. The topological polar surface area (TPSA) is 59.0 Å². The van der Waals surface area contributed by atoms with Crippen molar-refractivity contribution in [3.8, 4) is 0 Å². The Balaban J connectivity index is 1.86. The number of amides is 1. The fourth-order valence-electron chi connectivity index (χ4n) is 2.50. The smallest absolute Gasteiger partial charge is 0.224 e. The van der Waals surface area contributed by atoms with E-state index in [2.05, 4.69) is 22.7 Å². The Hall–Kier alpha value is -1.36. The summed E-state index contributed by atoms with van der Waals surface area (Å²) in [4.78, 5) is 12.1. The second-order valence-corrected chi connectivity index (χ2v) is 5.33. The third kappa shape index (κ3) is 3.10. The number of aromatic nitrogens is 2. The Labute approximate surface area is 108 Å². The summed E-state index contributed by atoms with van der Waals surface area (Å²) < 4.78 is 1.78. The number of hydrogen-bond acceptors (Lipinski definition) is 3. The summed E-state index contributed by atoms with van der Waals surface area (Å²) in [7, 11) is 1.89. The van der Waals surface area contributed by atoms with E-state index in [1.165, 1.54) is 0 Å². The van der Waals surface area contributed by atoms with Gasteiger partial charge in [0.05, 0.1) is 11.6 Å². The number of rotatable bonds is 3. The molecule has 1 amide bonds. The molecular formula is C13H22N4O. The molecule has 0 spiro atoms. The zero-order valence-electron chi connectivity index (χ0n) is 11.4. The summed E-state index contributed by atoms with van der Waals surface area (Å²) in [6.07, 6.45) is 2.93. The molecule has 2 heterocycles. The van der Waals surface area contributed by atoms with E-state index in [9.17, 15) is 4.79 Å². The molecule has 0 aromatic carbocycles. The van der Waals surface area contributed by atoms with Crippen molar-refractivity contribution in [1.29, 1.82) is 0 Å². The molecule has 1 aliphatic rings. The monoisotopic (exact) mass is 250 g/mol. The Kier molecular flexibility index (Phi) is 4.01. The predicted octanol–water partition coefficient (Wildman–Crippen LogP) is 0.590. The molecule has 1 aliphatic heterocycles. The number of aryl methyl sites for hydroxylation is 2. The molecule has 1 aromatic rings. The van der Waals surface area contributed by atoms with Gasteiger partial charge < -0.3 is 10.6 Å². The highest BCUT2D eigenvalue weighted by Gasteiger charge is 2.24. The van der Waals surface area contributed by atoms with Crippen LogP contribution in [0.2, 0.25) is 0 Å². The van der Waals surface area contributed by atoms with Crippen molar-refractivity contribution in [3.05, 3.63) is 17.5 Å². The van der Waals surface area contributed by atoms with Crippen LogP contribution in [0.25, 0.3) is 0 Å². The van der Waals surface area contributed by atoms with Gasteiger partial charge in [0.15, 0.2) is 0 Å². The van der Waals surface area contributed by atoms with Gasteiger partial charge in [-0.1, -0.05) is 6.92 Å². The van der Waals surface area contributed by atoms with Crippen LogP contribution in [0.1, 0.15) is 24.6 Å². The zero-order valence-corrected chi connectivity index (χ0v) is 11.4. The van der Waals surface area contributed by atoms with Crippen LogP contribution in [-0.4, -0.2) is 28.8 Å². The summed E-state index contributed by atoms with van der Waals surface area (Å²) in [5.74, 6) is 0.831. The first kappa shape index (κ1) is 13.1. The van der Waals surface area contributed by atoms with E-state index >= 15 is 0 Å². The van der Waals surface area contributed by atoms with Crippen molar-refractivity contribution in [2.75, 3.05) is 13.1 Å². The molecule has 2 N–H and O–H groups in total. The maximum Gasteiger partial charge on any atom is 0.224 e. The minimum Gasteiger partial charge on any atom is -0.352 e. The van der Waals surface area contributed by atoms with Gasteiger partial charge in [0.2, 0.25) is 5.91 Å². The molecule has 2 rings (SSSR count). The van der Waals surface area contributed by atoms with Crippen LogP contribution in [0.5, 0.6) is 0 Å². The van der Waals surface area contributed by atoms with Gasteiger partial charge in [-0.15, -0.1) is 0 Å². The highest BCUT2D eigenvalue weighted by molar-refractivity contribution is 5.79.